The van der Waals surface area contributed by atoms with Crippen molar-refractivity contribution in [2.45, 2.75) is 19.9 Å². The molecule has 0 bridgehead atoms. The molecular formula is C11H14ClN3. The van der Waals surface area contributed by atoms with Crippen LogP contribution in [0.3, 0.4) is 0 Å². The van der Waals surface area contributed by atoms with Crippen molar-refractivity contribution in [3.63, 3.8) is 0 Å². The molecule has 0 aliphatic heterocycles. The average Bonchev–Trinajstić information content (AvgIpc) is 2.57. The molecule has 0 aliphatic rings. The maximum atomic E-state index is 6.09. The van der Waals surface area contributed by atoms with Crippen molar-refractivity contribution in [3.05, 3.63) is 34.9 Å². The Balaban J connectivity index is 2.75. The number of halogens is 1. The van der Waals surface area contributed by atoms with Gasteiger partial charge in [0.1, 0.15) is 5.82 Å². The van der Waals surface area contributed by atoms with Gasteiger partial charge in [0, 0.05) is 5.69 Å². The van der Waals surface area contributed by atoms with Crippen LogP contribution < -0.4 is 5.32 Å². The SMILES string of the molecule is CNC(C)c1nc(Cl)c2cccc(C)n12. The first-order chi connectivity index (χ1) is 7.15. The van der Waals surface area contributed by atoms with Crippen LogP contribution in [0.2, 0.25) is 5.15 Å². The van der Waals surface area contributed by atoms with Gasteiger partial charge < -0.3 is 5.32 Å². The third-order valence-electron chi connectivity index (χ3n) is 2.66. The fourth-order valence-electron chi connectivity index (χ4n) is 1.71. The van der Waals surface area contributed by atoms with Gasteiger partial charge >= 0.3 is 0 Å². The predicted molar refractivity (Wildman–Crippen MR) is 62.4 cm³/mol. The highest BCUT2D eigenvalue weighted by Gasteiger charge is 2.14. The second kappa shape index (κ2) is 3.83. The number of imidazole rings is 1. The molecule has 2 aromatic heterocycles. The zero-order valence-electron chi connectivity index (χ0n) is 9.08. The van der Waals surface area contributed by atoms with E-state index in [1.165, 1.54) is 0 Å². The Morgan fingerprint density at radius 2 is 2.20 bits per heavy atom. The van der Waals surface area contributed by atoms with Gasteiger partial charge in [-0.1, -0.05) is 17.7 Å². The third-order valence-corrected chi connectivity index (χ3v) is 2.94. The predicted octanol–water partition coefficient (Wildman–Crippen LogP) is 2.58. The van der Waals surface area contributed by atoms with Crippen molar-refractivity contribution in [1.29, 1.82) is 0 Å². The van der Waals surface area contributed by atoms with E-state index in [2.05, 4.69) is 34.6 Å². The zero-order valence-corrected chi connectivity index (χ0v) is 9.84. The van der Waals surface area contributed by atoms with E-state index in [0.717, 1.165) is 17.0 Å². The van der Waals surface area contributed by atoms with Crippen molar-refractivity contribution in [3.8, 4) is 0 Å². The number of hydrogen-bond acceptors (Lipinski definition) is 2. The summed E-state index contributed by atoms with van der Waals surface area (Å²) in [6, 6.07) is 6.21. The van der Waals surface area contributed by atoms with Crippen LogP contribution in [0.5, 0.6) is 0 Å². The first-order valence-corrected chi connectivity index (χ1v) is 5.33. The van der Waals surface area contributed by atoms with Crippen LogP contribution in [-0.2, 0) is 0 Å². The molecule has 0 saturated heterocycles. The van der Waals surface area contributed by atoms with Gasteiger partial charge in [0.05, 0.1) is 11.6 Å². The first kappa shape index (κ1) is 10.5. The van der Waals surface area contributed by atoms with E-state index in [4.69, 9.17) is 11.6 Å². The van der Waals surface area contributed by atoms with Gasteiger partial charge in [-0.05, 0) is 33.0 Å². The number of aromatic nitrogens is 2. The first-order valence-electron chi connectivity index (χ1n) is 4.96. The number of hydrogen-bond donors (Lipinski definition) is 1. The van der Waals surface area contributed by atoms with Gasteiger partial charge in [0.2, 0.25) is 0 Å². The van der Waals surface area contributed by atoms with Crippen molar-refractivity contribution in [2.75, 3.05) is 7.05 Å². The smallest absolute Gasteiger partial charge is 0.155 e. The lowest BCUT2D eigenvalue weighted by atomic mass is 10.3. The monoisotopic (exact) mass is 223 g/mol. The summed E-state index contributed by atoms with van der Waals surface area (Å²) in [5.74, 6) is 0.954. The maximum absolute atomic E-state index is 6.09. The fraction of sp³-hybridized carbons (Fsp3) is 0.364. The Labute approximate surface area is 94.1 Å². The standard InChI is InChI=1S/C11H14ClN3/c1-7-5-4-6-9-10(12)14-11(15(7)9)8(2)13-3/h4-6,8,13H,1-3H3. The van der Waals surface area contributed by atoms with Crippen molar-refractivity contribution < 1.29 is 0 Å². The lowest BCUT2D eigenvalue weighted by molar-refractivity contribution is 0.605. The fourth-order valence-corrected chi connectivity index (χ4v) is 1.94. The number of aryl methyl sites for hydroxylation is 1. The summed E-state index contributed by atoms with van der Waals surface area (Å²) in [5.41, 5.74) is 2.11. The van der Waals surface area contributed by atoms with E-state index in [-0.39, 0.29) is 6.04 Å². The molecule has 0 spiro atoms. The molecule has 15 heavy (non-hydrogen) atoms. The number of fused-ring (bicyclic) bond motifs is 1. The van der Waals surface area contributed by atoms with Crippen LogP contribution in [0.15, 0.2) is 18.2 Å². The molecule has 2 heterocycles. The van der Waals surface area contributed by atoms with Crippen LogP contribution in [0.25, 0.3) is 5.52 Å². The minimum Gasteiger partial charge on any atom is -0.311 e. The Morgan fingerprint density at radius 3 is 2.87 bits per heavy atom. The topological polar surface area (TPSA) is 29.3 Å². The van der Waals surface area contributed by atoms with Crippen LogP contribution in [0.4, 0.5) is 0 Å². The Morgan fingerprint density at radius 1 is 1.47 bits per heavy atom. The quantitative estimate of drug-likeness (QED) is 0.848. The van der Waals surface area contributed by atoms with E-state index in [9.17, 15) is 0 Å². The van der Waals surface area contributed by atoms with Crippen LogP contribution in [0, 0.1) is 6.92 Å². The summed E-state index contributed by atoms with van der Waals surface area (Å²) in [6.45, 7) is 4.12. The molecule has 0 radical (unpaired) electrons. The largest absolute Gasteiger partial charge is 0.311 e. The second-order valence-electron chi connectivity index (χ2n) is 3.66. The number of nitrogens with zero attached hydrogens (tertiary/aromatic N) is 2. The molecular weight excluding hydrogens is 210 g/mol. The van der Waals surface area contributed by atoms with E-state index in [1.807, 2.05) is 19.2 Å². The molecule has 1 N–H and O–H groups in total. The van der Waals surface area contributed by atoms with Gasteiger partial charge in [0.15, 0.2) is 5.15 Å². The van der Waals surface area contributed by atoms with Crippen LogP contribution >= 0.6 is 11.6 Å². The van der Waals surface area contributed by atoms with E-state index >= 15 is 0 Å². The van der Waals surface area contributed by atoms with Crippen LogP contribution in [0.1, 0.15) is 24.5 Å². The molecule has 1 unspecified atom stereocenters. The summed E-state index contributed by atoms with van der Waals surface area (Å²) in [5, 5.41) is 3.74. The molecule has 2 aromatic rings. The number of pyridine rings is 1. The summed E-state index contributed by atoms with van der Waals surface area (Å²) >= 11 is 6.09. The molecule has 1 atom stereocenters. The average molecular weight is 224 g/mol. The maximum Gasteiger partial charge on any atom is 0.155 e. The van der Waals surface area contributed by atoms with Crippen molar-refractivity contribution in [1.82, 2.24) is 14.7 Å². The van der Waals surface area contributed by atoms with Crippen LogP contribution in [-0.4, -0.2) is 16.4 Å². The molecule has 0 aromatic carbocycles. The highest BCUT2D eigenvalue weighted by atomic mass is 35.5. The molecule has 4 heteroatoms. The van der Waals surface area contributed by atoms with Gasteiger partial charge in [-0.2, -0.15) is 0 Å². The van der Waals surface area contributed by atoms with Gasteiger partial charge in [-0.3, -0.25) is 4.40 Å². The van der Waals surface area contributed by atoms with Crippen molar-refractivity contribution >= 4 is 17.1 Å². The lowest BCUT2D eigenvalue weighted by Crippen LogP contribution is -2.16. The molecule has 3 nitrogen and oxygen atoms in total. The summed E-state index contributed by atoms with van der Waals surface area (Å²) in [6.07, 6.45) is 0. The molecule has 0 saturated carbocycles. The number of nitrogens with one attached hydrogen (secondary N) is 1. The van der Waals surface area contributed by atoms with Gasteiger partial charge in [0.25, 0.3) is 0 Å². The van der Waals surface area contributed by atoms with E-state index < -0.39 is 0 Å². The van der Waals surface area contributed by atoms with Crippen molar-refractivity contribution in [2.24, 2.45) is 0 Å². The van der Waals surface area contributed by atoms with E-state index in [0.29, 0.717) is 5.15 Å². The molecule has 80 valence electrons. The Bertz CT molecular complexity index is 490. The highest BCUT2D eigenvalue weighted by molar-refractivity contribution is 6.32. The molecule has 0 aliphatic carbocycles. The van der Waals surface area contributed by atoms with Gasteiger partial charge in [-0.15, -0.1) is 0 Å². The normalized spacial score (nSPS) is 13.3. The van der Waals surface area contributed by atoms with Gasteiger partial charge in [-0.25, -0.2) is 4.98 Å². The lowest BCUT2D eigenvalue weighted by Gasteiger charge is -2.10. The number of rotatable bonds is 2. The summed E-state index contributed by atoms with van der Waals surface area (Å²) in [7, 11) is 1.91. The Hall–Kier alpha value is -1.06. The second-order valence-corrected chi connectivity index (χ2v) is 4.02. The highest BCUT2D eigenvalue weighted by Crippen LogP contribution is 2.23. The zero-order chi connectivity index (χ0) is 11.0. The van der Waals surface area contributed by atoms with E-state index in [1.54, 1.807) is 0 Å². The molecule has 0 amide bonds. The third kappa shape index (κ3) is 1.62. The summed E-state index contributed by atoms with van der Waals surface area (Å²) in [4.78, 5) is 4.39. The minimum absolute atomic E-state index is 0.186. The summed E-state index contributed by atoms with van der Waals surface area (Å²) < 4.78 is 2.09. The molecule has 0 fully saturated rings. The molecule has 2 rings (SSSR count). The minimum atomic E-state index is 0.186. The Kier molecular flexibility index (Phi) is 2.67.